The van der Waals surface area contributed by atoms with Crippen LogP contribution in [-0.2, 0) is 16.2 Å². The van der Waals surface area contributed by atoms with Gasteiger partial charge in [0, 0.05) is 50.9 Å². The van der Waals surface area contributed by atoms with Gasteiger partial charge >= 0.3 is 0 Å². The summed E-state index contributed by atoms with van der Waals surface area (Å²) in [6, 6.07) is 188. The lowest BCUT2D eigenvalue weighted by Gasteiger charge is -2.45. The Morgan fingerprint density at radius 2 is 0.406 bits per heavy atom. The minimum absolute atomic E-state index is 0.226. The highest BCUT2D eigenvalue weighted by molar-refractivity contribution is 6.01. The monoisotopic (exact) mass is 1690 g/mol. The summed E-state index contributed by atoms with van der Waals surface area (Å²) in [5, 5.41) is 2.52. The highest BCUT2D eigenvalue weighted by Gasteiger charge is 2.54. The molecule has 2 heterocycles. The predicted molar refractivity (Wildman–Crippen MR) is 556 cm³/mol. The standard InChI is InChI=1S/C70H50N2.C59H40N2/c1-69(2)64-44-52(48-20-8-4-9-21-48)36-41-58(64)59-42-39-55(45-65(59)69)71(54-37-34-51(35-38-54)50-32-30-49(31-33-50)47-18-6-3-7-19-47)56-40-43-60-57-24-12-13-25-61(57)70(66(60)46-56)62-26-14-16-28-67(62)72(53-22-10-5-11-23-53)68-29-17-15-27-63(68)70;1-3-17-47(18-4-1)60(49-35-33-43(34-36-49)42-27-29-44(30-28-42)46-32-31-41-15-7-8-16-45(41)39-46)50-37-38-52-51-21-9-10-22-53(51)59(56(52)40-50)54-23-11-13-25-57(54)61(48-19-5-2-6-20-48)58-26-14-12-24-55(58)59/h3-46H,1-2H3;1-40H. The van der Waals surface area contributed by atoms with E-state index in [4.69, 9.17) is 0 Å². The van der Waals surface area contributed by atoms with Gasteiger partial charge in [-0.15, -0.1) is 0 Å². The molecule has 0 aromatic heterocycles. The van der Waals surface area contributed by atoms with Crippen LogP contribution in [0.1, 0.15) is 69.5 Å². The summed E-state index contributed by atoms with van der Waals surface area (Å²) in [6.07, 6.45) is 0. The molecule has 0 atom stereocenters. The number of anilines is 12. The molecule has 0 N–H and O–H groups in total. The third-order valence-electron chi connectivity index (χ3n) is 28.7. The lowest BCUT2D eigenvalue weighted by molar-refractivity contribution is 0.660. The number of para-hydroxylation sites is 7. The molecule has 0 amide bonds. The number of hydrogen-bond acceptors (Lipinski definition) is 4. The Balaban J connectivity index is 0.000000145. The molecule has 3 aliphatic carbocycles. The Labute approximate surface area is 777 Å². The van der Waals surface area contributed by atoms with Crippen LogP contribution in [0, 0.1) is 0 Å². The molecule has 2 aliphatic heterocycles. The molecule has 2 spiro atoms. The number of nitrogens with zero attached hydrogens (tertiary/aromatic N) is 4. The van der Waals surface area contributed by atoms with Gasteiger partial charge in [0.25, 0.3) is 0 Å². The van der Waals surface area contributed by atoms with Crippen molar-refractivity contribution in [2.45, 2.75) is 30.1 Å². The Kier molecular flexibility index (Phi) is 18.7. The number of fused-ring (bicyclic) bond motifs is 22. The summed E-state index contributed by atoms with van der Waals surface area (Å²) in [4.78, 5) is 9.79. The fourth-order valence-corrected chi connectivity index (χ4v) is 22.6. The summed E-state index contributed by atoms with van der Waals surface area (Å²) in [5.41, 5.74) is 45.2. The maximum atomic E-state index is 2.51. The van der Waals surface area contributed by atoms with E-state index in [1.165, 1.54) is 178 Å². The summed E-state index contributed by atoms with van der Waals surface area (Å²) in [7, 11) is 0. The molecule has 5 aliphatic rings. The van der Waals surface area contributed by atoms with Crippen molar-refractivity contribution in [3.63, 3.8) is 0 Å². The fourth-order valence-electron chi connectivity index (χ4n) is 22.6. The van der Waals surface area contributed by atoms with Gasteiger partial charge in [0.15, 0.2) is 0 Å². The molecule has 0 bridgehead atoms. The van der Waals surface area contributed by atoms with Crippen molar-refractivity contribution in [3.8, 4) is 89.0 Å². The lowest BCUT2D eigenvalue weighted by atomic mass is 9.64. The third-order valence-corrected chi connectivity index (χ3v) is 28.7. The van der Waals surface area contributed by atoms with Gasteiger partial charge in [-0.05, 0) is 289 Å². The second kappa shape index (κ2) is 31.8. The van der Waals surface area contributed by atoms with Crippen molar-refractivity contribution in [2.75, 3.05) is 19.6 Å². The van der Waals surface area contributed by atoms with E-state index in [2.05, 4.69) is 543 Å². The molecule has 26 rings (SSSR count). The topological polar surface area (TPSA) is 13.0 Å². The second-order valence-corrected chi connectivity index (χ2v) is 36.1. The van der Waals surface area contributed by atoms with E-state index < -0.39 is 10.8 Å². The predicted octanol–water partition coefficient (Wildman–Crippen LogP) is 34.4. The van der Waals surface area contributed by atoms with Crippen LogP contribution in [0.4, 0.5) is 68.2 Å². The molecular weight excluding hydrogens is 1610 g/mol. The van der Waals surface area contributed by atoms with Crippen molar-refractivity contribution in [1.29, 1.82) is 0 Å². The Hall–Kier alpha value is -16.9. The SMILES string of the molecule is CC1(C)c2cc(-c3ccccc3)ccc2-c2ccc(N(c3ccc(-c4ccc(-c5ccccc5)cc4)cc3)c3ccc4c(c3)C3(c5ccccc5-4)c4ccccc4N(c4ccccc4)c4ccccc43)cc21.c1ccc(N(c2ccc(-c3ccc(-c4ccc5ccccc5c4)cc3)cc2)c2ccc3c(c2)C2(c4ccccc4-3)c3ccccc3N(c3ccccc3)c3ccccc32)cc1. The Morgan fingerprint density at radius 3 is 0.827 bits per heavy atom. The van der Waals surface area contributed by atoms with Crippen molar-refractivity contribution in [2.24, 2.45) is 0 Å². The van der Waals surface area contributed by atoms with Crippen molar-refractivity contribution in [3.05, 3.63) is 565 Å². The van der Waals surface area contributed by atoms with E-state index >= 15 is 0 Å². The van der Waals surface area contributed by atoms with Crippen LogP contribution in [0.15, 0.2) is 510 Å². The average Bonchev–Trinajstić information content (AvgIpc) is 1.53. The van der Waals surface area contributed by atoms with Gasteiger partial charge in [0.1, 0.15) is 0 Å². The molecule has 0 saturated carbocycles. The number of hydrogen-bond donors (Lipinski definition) is 0. The van der Waals surface area contributed by atoms with Crippen LogP contribution in [0.2, 0.25) is 0 Å². The quantitative estimate of drug-likeness (QED) is 0.114. The number of rotatable bonds is 13. The minimum Gasteiger partial charge on any atom is -0.310 e. The van der Waals surface area contributed by atoms with Gasteiger partial charge in [0.2, 0.25) is 0 Å². The van der Waals surface area contributed by atoms with Crippen molar-refractivity contribution >= 4 is 79.0 Å². The third kappa shape index (κ3) is 12.6. The molecule has 0 radical (unpaired) electrons. The first-order chi connectivity index (χ1) is 65.7. The molecule has 133 heavy (non-hydrogen) atoms. The molecule has 4 nitrogen and oxygen atoms in total. The summed E-state index contributed by atoms with van der Waals surface area (Å²) < 4.78 is 0. The Bertz CT molecular complexity index is 7970. The average molecular weight is 1700 g/mol. The van der Waals surface area contributed by atoms with E-state index in [1.54, 1.807) is 0 Å². The highest BCUT2D eigenvalue weighted by atomic mass is 15.2. The molecule has 0 unspecified atom stereocenters. The minimum atomic E-state index is -0.583. The maximum absolute atomic E-state index is 2.51. The van der Waals surface area contributed by atoms with Crippen LogP contribution in [-0.4, -0.2) is 0 Å². The summed E-state index contributed by atoms with van der Waals surface area (Å²) in [5.74, 6) is 0. The molecule has 626 valence electrons. The van der Waals surface area contributed by atoms with Crippen molar-refractivity contribution in [1.82, 2.24) is 0 Å². The Morgan fingerprint density at radius 1 is 0.158 bits per heavy atom. The van der Waals surface area contributed by atoms with Gasteiger partial charge < -0.3 is 19.6 Å². The lowest BCUT2D eigenvalue weighted by Crippen LogP contribution is -2.36. The van der Waals surface area contributed by atoms with E-state index in [-0.39, 0.29) is 5.41 Å². The van der Waals surface area contributed by atoms with Crippen LogP contribution >= 0.6 is 0 Å². The largest absolute Gasteiger partial charge is 0.310 e. The molecular formula is C129H90N4. The fraction of sp³-hybridized carbons (Fsp3) is 0.0388. The first-order valence-electron chi connectivity index (χ1n) is 46.3. The zero-order valence-corrected chi connectivity index (χ0v) is 73.8. The van der Waals surface area contributed by atoms with Gasteiger partial charge in [-0.25, -0.2) is 0 Å². The van der Waals surface area contributed by atoms with Gasteiger partial charge in [-0.3, -0.25) is 0 Å². The first kappa shape index (κ1) is 78.3. The smallest absolute Gasteiger partial charge is 0.0755 e. The van der Waals surface area contributed by atoms with Crippen molar-refractivity contribution < 1.29 is 0 Å². The highest BCUT2D eigenvalue weighted by Crippen LogP contribution is 2.67. The van der Waals surface area contributed by atoms with E-state index in [9.17, 15) is 0 Å². The second-order valence-electron chi connectivity index (χ2n) is 36.1. The van der Waals surface area contributed by atoms with E-state index in [0.717, 1.165) is 45.5 Å². The van der Waals surface area contributed by atoms with Crippen LogP contribution < -0.4 is 19.6 Å². The molecule has 21 aromatic rings. The van der Waals surface area contributed by atoms with Gasteiger partial charge in [-0.1, -0.05) is 390 Å². The zero-order valence-electron chi connectivity index (χ0n) is 73.8. The van der Waals surface area contributed by atoms with Crippen LogP contribution in [0.5, 0.6) is 0 Å². The van der Waals surface area contributed by atoms with E-state index in [1.807, 2.05) is 0 Å². The van der Waals surface area contributed by atoms with Crippen LogP contribution in [0.25, 0.3) is 99.8 Å². The van der Waals surface area contributed by atoms with Gasteiger partial charge in [0.05, 0.1) is 33.6 Å². The first-order valence-corrected chi connectivity index (χ1v) is 46.3. The number of benzene rings is 21. The molecule has 0 fully saturated rings. The normalized spacial score (nSPS) is 13.5. The molecule has 4 heteroatoms. The van der Waals surface area contributed by atoms with Crippen LogP contribution in [0.3, 0.4) is 0 Å². The maximum Gasteiger partial charge on any atom is 0.0755 e. The summed E-state index contributed by atoms with van der Waals surface area (Å²) >= 11 is 0. The summed E-state index contributed by atoms with van der Waals surface area (Å²) in [6.45, 7) is 4.79. The van der Waals surface area contributed by atoms with Gasteiger partial charge in [-0.2, -0.15) is 0 Å². The zero-order chi connectivity index (χ0) is 88.3. The van der Waals surface area contributed by atoms with E-state index in [0.29, 0.717) is 0 Å². The molecule has 21 aromatic carbocycles. The molecule has 0 saturated heterocycles.